The maximum Gasteiger partial charge on any atom is 0.224 e. The van der Waals surface area contributed by atoms with Crippen LogP contribution in [0.25, 0.3) is 0 Å². The highest BCUT2D eigenvalue weighted by molar-refractivity contribution is 5.80. The zero-order valence-electron chi connectivity index (χ0n) is 13.6. The van der Waals surface area contributed by atoms with Crippen molar-refractivity contribution in [2.75, 3.05) is 20.3 Å². The average molecular weight is 316 g/mol. The molecule has 0 aromatic heterocycles. The Labute approximate surface area is 136 Å². The van der Waals surface area contributed by atoms with Crippen molar-refractivity contribution in [3.8, 4) is 11.5 Å². The minimum Gasteiger partial charge on any atom is -0.497 e. The molecule has 3 aliphatic rings. The van der Waals surface area contributed by atoms with Gasteiger partial charge in [0.15, 0.2) is 0 Å². The number of rotatable bonds is 3. The number of benzene rings is 1. The lowest BCUT2D eigenvalue weighted by molar-refractivity contribution is -0.129. The quantitative estimate of drug-likeness (QED) is 0.923. The molecule has 3 aliphatic heterocycles. The number of amides is 1. The van der Waals surface area contributed by atoms with Gasteiger partial charge in [0.05, 0.1) is 7.11 Å². The van der Waals surface area contributed by atoms with E-state index in [0.717, 1.165) is 37.3 Å². The van der Waals surface area contributed by atoms with E-state index < -0.39 is 0 Å². The number of hydrogen-bond acceptors (Lipinski definition) is 4. The minimum atomic E-state index is 0.259. The van der Waals surface area contributed by atoms with Crippen LogP contribution in [0.5, 0.6) is 11.5 Å². The minimum absolute atomic E-state index is 0.259. The fraction of sp³-hybridized carbons (Fsp3) is 0.611. The van der Waals surface area contributed by atoms with Crippen molar-refractivity contribution in [3.05, 3.63) is 23.8 Å². The number of carbonyl (C=O) groups excluding carboxylic acids is 1. The summed E-state index contributed by atoms with van der Waals surface area (Å²) in [6, 6.07) is 6.87. The second-order valence-corrected chi connectivity index (χ2v) is 6.81. The number of methoxy groups -OCH3 is 1. The molecule has 1 aromatic rings. The molecule has 0 unspecified atom stereocenters. The topological polar surface area (TPSA) is 50.8 Å². The Morgan fingerprint density at radius 3 is 3.09 bits per heavy atom. The lowest BCUT2D eigenvalue weighted by Crippen LogP contribution is -2.51. The number of fused-ring (bicyclic) bond motifs is 2. The Morgan fingerprint density at radius 1 is 1.30 bits per heavy atom. The summed E-state index contributed by atoms with van der Waals surface area (Å²) in [7, 11) is 1.68. The third kappa shape index (κ3) is 2.78. The standard InChI is InChI=1S/C18H24N2O3/c1-22-14-5-6-17-12(9-14)8-13(11-23-17)19-15-10-18(21)20-7-3-2-4-16(15)20/h5-6,9,13,15-16,19H,2-4,7-8,10-11H2,1H3/t13-,15-,16+/m0/s1. The fourth-order valence-corrected chi connectivity index (χ4v) is 4.20. The molecule has 2 fully saturated rings. The molecule has 3 atom stereocenters. The van der Waals surface area contributed by atoms with Gasteiger partial charge < -0.3 is 19.7 Å². The smallest absolute Gasteiger partial charge is 0.224 e. The molecule has 1 N–H and O–H groups in total. The van der Waals surface area contributed by atoms with Crippen molar-refractivity contribution < 1.29 is 14.3 Å². The van der Waals surface area contributed by atoms with E-state index in [0.29, 0.717) is 25.0 Å². The highest BCUT2D eigenvalue weighted by Gasteiger charge is 2.41. The summed E-state index contributed by atoms with van der Waals surface area (Å²) >= 11 is 0. The van der Waals surface area contributed by atoms with Gasteiger partial charge in [-0.05, 0) is 49.4 Å². The Hall–Kier alpha value is -1.75. The van der Waals surface area contributed by atoms with Gasteiger partial charge in [0, 0.05) is 31.1 Å². The number of carbonyl (C=O) groups is 1. The zero-order chi connectivity index (χ0) is 15.8. The summed E-state index contributed by atoms with van der Waals surface area (Å²) in [4.78, 5) is 14.3. The largest absolute Gasteiger partial charge is 0.497 e. The van der Waals surface area contributed by atoms with Crippen LogP contribution >= 0.6 is 0 Å². The first-order chi connectivity index (χ1) is 11.2. The number of nitrogens with zero attached hydrogens (tertiary/aromatic N) is 1. The molecule has 0 radical (unpaired) electrons. The van der Waals surface area contributed by atoms with E-state index in [1.807, 2.05) is 12.1 Å². The van der Waals surface area contributed by atoms with Crippen molar-refractivity contribution in [2.24, 2.45) is 0 Å². The second-order valence-electron chi connectivity index (χ2n) is 6.81. The molecule has 5 heteroatoms. The van der Waals surface area contributed by atoms with Gasteiger partial charge >= 0.3 is 0 Å². The molecule has 2 saturated heterocycles. The van der Waals surface area contributed by atoms with Gasteiger partial charge in [-0.15, -0.1) is 0 Å². The number of piperidine rings is 1. The van der Waals surface area contributed by atoms with Gasteiger partial charge in [-0.1, -0.05) is 0 Å². The Balaban J connectivity index is 1.44. The van der Waals surface area contributed by atoms with E-state index in [9.17, 15) is 4.79 Å². The first kappa shape index (κ1) is 14.8. The molecular weight excluding hydrogens is 292 g/mol. The van der Waals surface area contributed by atoms with Crippen molar-refractivity contribution in [3.63, 3.8) is 0 Å². The Bertz CT molecular complexity index is 604. The molecule has 0 spiro atoms. The SMILES string of the molecule is COc1ccc2c(c1)C[C@H](N[C@H]1CC(=O)N3CCCC[C@H]13)CO2. The van der Waals surface area contributed by atoms with Crippen LogP contribution in [0.1, 0.15) is 31.2 Å². The van der Waals surface area contributed by atoms with Gasteiger partial charge in [0.2, 0.25) is 5.91 Å². The second kappa shape index (κ2) is 6.04. The molecule has 1 amide bonds. The highest BCUT2D eigenvalue weighted by atomic mass is 16.5. The summed E-state index contributed by atoms with van der Waals surface area (Å²) in [6.45, 7) is 1.60. The fourth-order valence-electron chi connectivity index (χ4n) is 4.20. The van der Waals surface area contributed by atoms with E-state index in [-0.39, 0.29) is 12.1 Å². The van der Waals surface area contributed by atoms with Gasteiger partial charge in [0.1, 0.15) is 18.1 Å². The summed E-state index contributed by atoms with van der Waals surface area (Å²) in [6.07, 6.45) is 5.06. The van der Waals surface area contributed by atoms with E-state index in [1.165, 1.54) is 12.0 Å². The maximum absolute atomic E-state index is 12.2. The third-order valence-corrected chi connectivity index (χ3v) is 5.35. The van der Waals surface area contributed by atoms with Crippen molar-refractivity contribution >= 4 is 5.91 Å². The molecule has 124 valence electrons. The molecule has 1 aromatic carbocycles. The van der Waals surface area contributed by atoms with Crippen molar-refractivity contribution in [2.45, 2.75) is 50.2 Å². The van der Waals surface area contributed by atoms with Crippen LogP contribution < -0.4 is 14.8 Å². The molecule has 0 aliphatic carbocycles. The normalized spacial score (nSPS) is 29.7. The van der Waals surface area contributed by atoms with E-state index in [2.05, 4.69) is 16.3 Å². The predicted octanol–water partition coefficient (Wildman–Crippen LogP) is 1.74. The van der Waals surface area contributed by atoms with Gasteiger partial charge in [-0.3, -0.25) is 4.79 Å². The van der Waals surface area contributed by atoms with Gasteiger partial charge in [-0.25, -0.2) is 0 Å². The Kier molecular flexibility index (Phi) is 3.89. The van der Waals surface area contributed by atoms with Crippen molar-refractivity contribution in [1.82, 2.24) is 10.2 Å². The van der Waals surface area contributed by atoms with Crippen LogP contribution in [-0.2, 0) is 11.2 Å². The lowest BCUT2D eigenvalue weighted by Gasteiger charge is -2.35. The number of hydrogen-bond donors (Lipinski definition) is 1. The van der Waals surface area contributed by atoms with E-state index in [1.54, 1.807) is 7.11 Å². The molecule has 23 heavy (non-hydrogen) atoms. The molecule has 4 rings (SSSR count). The lowest BCUT2D eigenvalue weighted by atomic mass is 9.96. The number of ether oxygens (including phenoxy) is 2. The maximum atomic E-state index is 12.2. The van der Waals surface area contributed by atoms with Gasteiger partial charge in [0.25, 0.3) is 0 Å². The van der Waals surface area contributed by atoms with Crippen LogP contribution in [0.3, 0.4) is 0 Å². The Morgan fingerprint density at radius 2 is 2.22 bits per heavy atom. The first-order valence-corrected chi connectivity index (χ1v) is 8.60. The average Bonchev–Trinajstić information content (AvgIpc) is 2.90. The molecule has 5 nitrogen and oxygen atoms in total. The van der Waals surface area contributed by atoms with Crippen LogP contribution in [0.4, 0.5) is 0 Å². The van der Waals surface area contributed by atoms with Crippen LogP contribution in [0.2, 0.25) is 0 Å². The van der Waals surface area contributed by atoms with Crippen molar-refractivity contribution in [1.29, 1.82) is 0 Å². The molecule has 0 bridgehead atoms. The van der Waals surface area contributed by atoms with E-state index >= 15 is 0 Å². The zero-order valence-corrected chi connectivity index (χ0v) is 13.6. The van der Waals surface area contributed by atoms with E-state index in [4.69, 9.17) is 9.47 Å². The molecule has 0 saturated carbocycles. The summed E-state index contributed by atoms with van der Waals surface area (Å²) in [5.41, 5.74) is 1.18. The summed E-state index contributed by atoms with van der Waals surface area (Å²) < 4.78 is 11.2. The first-order valence-electron chi connectivity index (χ1n) is 8.60. The summed E-state index contributed by atoms with van der Waals surface area (Å²) in [5, 5.41) is 3.70. The summed E-state index contributed by atoms with van der Waals surface area (Å²) in [5.74, 6) is 2.12. The molecular formula is C18H24N2O3. The predicted molar refractivity (Wildman–Crippen MR) is 86.9 cm³/mol. The monoisotopic (exact) mass is 316 g/mol. The third-order valence-electron chi connectivity index (χ3n) is 5.35. The number of nitrogens with one attached hydrogen (secondary N) is 1. The van der Waals surface area contributed by atoms with Crippen LogP contribution in [0.15, 0.2) is 18.2 Å². The van der Waals surface area contributed by atoms with Crippen LogP contribution in [-0.4, -0.2) is 49.2 Å². The molecule has 3 heterocycles. The van der Waals surface area contributed by atoms with Crippen LogP contribution in [0, 0.1) is 0 Å². The highest BCUT2D eigenvalue weighted by Crippen LogP contribution is 2.31. The van der Waals surface area contributed by atoms with Gasteiger partial charge in [-0.2, -0.15) is 0 Å².